The first kappa shape index (κ1) is 25.0. The van der Waals surface area contributed by atoms with Crippen molar-refractivity contribution in [2.45, 2.75) is 108 Å². The Hall–Kier alpha value is 0. The Morgan fingerprint density at radius 3 is 1.85 bits per heavy atom. The van der Waals surface area contributed by atoms with Gasteiger partial charge in [-0.05, 0) is 36.5 Å². The van der Waals surface area contributed by atoms with Crippen LogP contribution < -0.4 is 0 Å². The number of hydrogen-bond acceptors (Lipinski definition) is 0. The fraction of sp³-hybridized carbons (Fsp3) is 1.00. The van der Waals surface area contributed by atoms with Crippen LogP contribution in [0, 0.1) is 23.7 Å². The van der Waals surface area contributed by atoms with Crippen LogP contribution in [0.3, 0.4) is 0 Å². The molecule has 0 aromatic rings. The van der Waals surface area contributed by atoms with E-state index >= 15 is 0 Å². The number of unbranched alkanes of at least 4 members (excludes halogenated alkanes) is 2. The van der Waals surface area contributed by atoms with Crippen molar-refractivity contribution in [2.24, 2.45) is 23.7 Å². The lowest BCUT2D eigenvalue weighted by Gasteiger charge is -2.42. The van der Waals surface area contributed by atoms with Crippen LogP contribution >= 0.6 is 0 Å². The van der Waals surface area contributed by atoms with Crippen molar-refractivity contribution in [1.29, 1.82) is 0 Å². The second kappa shape index (κ2) is 14.0. The highest BCUT2D eigenvalue weighted by atomic mass is 14.4. The molecule has 0 nitrogen and oxygen atoms in total. The lowest BCUT2D eigenvalue weighted by atomic mass is 9.64. The molecule has 0 heteroatoms. The Labute approximate surface area is 132 Å². The third-order valence-electron chi connectivity index (χ3n) is 5.24. The van der Waals surface area contributed by atoms with E-state index in [2.05, 4.69) is 27.7 Å². The van der Waals surface area contributed by atoms with E-state index in [1.807, 2.05) is 0 Å². The molecule has 0 aromatic carbocycles. The Morgan fingerprint density at radius 1 is 0.750 bits per heavy atom. The molecular weight excluding hydrogens is 240 g/mol. The zero-order chi connectivity index (χ0) is 12.7. The monoisotopic (exact) mass is 286 g/mol. The molecule has 0 amide bonds. The van der Waals surface area contributed by atoms with Gasteiger partial charge in [0.05, 0.1) is 0 Å². The Morgan fingerprint density at radius 2 is 1.35 bits per heavy atom. The Balaban J connectivity index is -0.000000963. The third kappa shape index (κ3) is 7.14. The molecule has 1 aliphatic rings. The highest BCUT2D eigenvalue weighted by Gasteiger charge is 2.34. The van der Waals surface area contributed by atoms with Crippen molar-refractivity contribution < 1.29 is 0 Å². The van der Waals surface area contributed by atoms with E-state index in [-0.39, 0.29) is 22.3 Å². The van der Waals surface area contributed by atoms with Crippen molar-refractivity contribution in [3.05, 3.63) is 0 Å². The van der Waals surface area contributed by atoms with Gasteiger partial charge in [-0.15, -0.1) is 0 Å². The minimum atomic E-state index is 0. The van der Waals surface area contributed by atoms with Gasteiger partial charge < -0.3 is 0 Å². The summed E-state index contributed by atoms with van der Waals surface area (Å²) in [4.78, 5) is 0. The summed E-state index contributed by atoms with van der Waals surface area (Å²) in [6.07, 6.45) is 13.1. The average Bonchev–Trinajstić information content (AvgIpc) is 2.33. The van der Waals surface area contributed by atoms with Crippen LogP contribution in [-0.4, -0.2) is 0 Å². The summed E-state index contributed by atoms with van der Waals surface area (Å²) in [7, 11) is 0. The zero-order valence-corrected chi connectivity index (χ0v) is 12.7. The predicted octanol–water partition coefficient (Wildman–Crippen LogP) is 7.96. The molecule has 126 valence electrons. The molecule has 0 aliphatic heterocycles. The van der Waals surface area contributed by atoms with Gasteiger partial charge in [-0.1, -0.05) is 94.9 Å². The van der Waals surface area contributed by atoms with Crippen LogP contribution in [0.15, 0.2) is 0 Å². The van der Waals surface area contributed by atoms with Crippen molar-refractivity contribution >= 4 is 0 Å². The molecule has 4 unspecified atom stereocenters. The zero-order valence-electron chi connectivity index (χ0n) is 12.7. The van der Waals surface area contributed by atoms with Gasteiger partial charge in [-0.2, -0.15) is 0 Å². The average molecular weight is 287 g/mol. The summed E-state index contributed by atoms with van der Waals surface area (Å²) in [5.41, 5.74) is 0. The number of rotatable bonds is 7. The lowest BCUT2D eigenvalue weighted by Crippen LogP contribution is -2.32. The van der Waals surface area contributed by atoms with Crippen molar-refractivity contribution in [1.82, 2.24) is 0 Å². The van der Waals surface area contributed by atoms with Gasteiger partial charge in [0.1, 0.15) is 0 Å². The minimum Gasteiger partial charge on any atom is -0.0776 e. The predicted molar refractivity (Wildman–Crippen MR) is 98.4 cm³/mol. The van der Waals surface area contributed by atoms with Crippen molar-refractivity contribution in [3.63, 3.8) is 0 Å². The molecule has 0 saturated heterocycles. The molecule has 20 heavy (non-hydrogen) atoms. The van der Waals surface area contributed by atoms with Gasteiger partial charge in [0.2, 0.25) is 0 Å². The first-order valence-electron chi connectivity index (χ1n) is 8.24. The highest BCUT2D eigenvalue weighted by Crippen LogP contribution is 2.44. The molecule has 1 rings (SSSR count). The van der Waals surface area contributed by atoms with Crippen LogP contribution in [0.25, 0.3) is 0 Å². The maximum atomic E-state index is 2.54. The molecule has 0 bridgehead atoms. The molecule has 0 N–H and O–H groups in total. The van der Waals surface area contributed by atoms with E-state index in [0.29, 0.717) is 0 Å². The van der Waals surface area contributed by atoms with E-state index in [4.69, 9.17) is 0 Å². The van der Waals surface area contributed by atoms with Gasteiger partial charge in [-0.25, -0.2) is 0 Å². The fourth-order valence-electron chi connectivity index (χ4n) is 4.18. The van der Waals surface area contributed by atoms with Crippen molar-refractivity contribution in [3.8, 4) is 0 Å². The van der Waals surface area contributed by atoms with Crippen LogP contribution in [-0.2, 0) is 0 Å². The maximum absolute atomic E-state index is 2.54. The molecule has 4 atom stereocenters. The normalized spacial score (nSPS) is 28.8. The molecule has 1 saturated carbocycles. The van der Waals surface area contributed by atoms with Gasteiger partial charge in [-0.3, -0.25) is 0 Å². The first-order valence-corrected chi connectivity index (χ1v) is 8.24. The van der Waals surface area contributed by atoms with Gasteiger partial charge in [0, 0.05) is 0 Å². The molecule has 0 aromatic heterocycles. The van der Waals surface area contributed by atoms with Crippen LogP contribution in [0.1, 0.15) is 108 Å². The lowest BCUT2D eigenvalue weighted by molar-refractivity contribution is 0.0850. The standard InChI is InChI=1S/C17H34.3CH4/c1-5-8-9-11-16-13-12-15(10-6-2)14(4)17(16)7-3;;;/h14-17H,5-13H2,1-4H3;3*1H4. The molecular formula is C20H46. The topological polar surface area (TPSA) is 0 Å². The van der Waals surface area contributed by atoms with E-state index in [1.165, 1.54) is 57.8 Å². The smallest absolute Gasteiger partial charge is 0.0360 e. The van der Waals surface area contributed by atoms with Crippen LogP contribution in [0.5, 0.6) is 0 Å². The SMILES string of the molecule is C.C.C.CCCCCC1CCC(CCC)C(C)C1CC. The quantitative estimate of drug-likeness (QED) is 0.416. The van der Waals surface area contributed by atoms with Crippen molar-refractivity contribution in [2.75, 3.05) is 0 Å². The summed E-state index contributed by atoms with van der Waals surface area (Å²) in [6, 6.07) is 0. The van der Waals surface area contributed by atoms with Crippen LogP contribution in [0.4, 0.5) is 0 Å². The molecule has 0 heterocycles. The maximum Gasteiger partial charge on any atom is -0.0360 e. The minimum absolute atomic E-state index is 0. The summed E-state index contributed by atoms with van der Waals surface area (Å²) in [5, 5.41) is 0. The summed E-state index contributed by atoms with van der Waals surface area (Å²) >= 11 is 0. The second-order valence-electron chi connectivity index (χ2n) is 6.31. The Bertz CT molecular complexity index is 184. The van der Waals surface area contributed by atoms with E-state index in [1.54, 1.807) is 0 Å². The fourth-order valence-corrected chi connectivity index (χ4v) is 4.18. The summed E-state index contributed by atoms with van der Waals surface area (Å²) in [5.74, 6) is 4.10. The molecule has 0 spiro atoms. The largest absolute Gasteiger partial charge is 0.0776 e. The van der Waals surface area contributed by atoms with E-state index in [0.717, 1.165) is 23.7 Å². The van der Waals surface area contributed by atoms with Gasteiger partial charge >= 0.3 is 0 Å². The first-order chi connectivity index (χ1) is 8.24. The Kier molecular flexibility index (Phi) is 17.4. The van der Waals surface area contributed by atoms with E-state index < -0.39 is 0 Å². The van der Waals surface area contributed by atoms with E-state index in [9.17, 15) is 0 Å². The molecule has 1 fully saturated rings. The molecule has 0 radical (unpaired) electrons. The molecule has 1 aliphatic carbocycles. The van der Waals surface area contributed by atoms with Gasteiger partial charge in [0.15, 0.2) is 0 Å². The second-order valence-corrected chi connectivity index (χ2v) is 6.31. The summed E-state index contributed by atoms with van der Waals surface area (Å²) < 4.78 is 0. The third-order valence-corrected chi connectivity index (χ3v) is 5.24. The number of hydrogen-bond donors (Lipinski definition) is 0. The van der Waals surface area contributed by atoms with Gasteiger partial charge in [0.25, 0.3) is 0 Å². The summed E-state index contributed by atoms with van der Waals surface area (Å²) in [6.45, 7) is 9.63. The van der Waals surface area contributed by atoms with Crippen LogP contribution in [0.2, 0.25) is 0 Å². The highest BCUT2D eigenvalue weighted by molar-refractivity contribution is 4.84.